The molecular weight excluding hydrogens is 140 g/mol. The number of hydrogen-bond donors (Lipinski definition) is 0. The van der Waals surface area contributed by atoms with Crippen LogP contribution in [0, 0.1) is 5.92 Å². The topological polar surface area (TPSA) is 34.1 Å². The van der Waals surface area contributed by atoms with Crippen LogP contribution in [0.4, 0.5) is 0 Å². The molecule has 0 aliphatic heterocycles. The molecule has 1 aliphatic rings. The first-order valence-electron chi connectivity index (χ1n) is 3.79. The summed E-state index contributed by atoms with van der Waals surface area (Å²) in [5.74, 6) is -0.276. The minimum atomic E-state index is -0.291. The molecule has 0 radical (unpaired) electrons. The quantitative estimate of drug-likeness (QED) is 0.493. The van der Waals surface area contributed by atoms with Gasteiger partial charge in [-0.3, -0.25) is 9.59 Å². The molecule has 2 heteroatoms. The van der Waals surface area contributed by atoms with E-state index >= 15 is 0 Å². The molecule has 0 fully saturated rings. The van der Waals surface area contributed by atoms with E-state index in [0.29, 0.717) is 12.0 Å². The second-order valence-electron chi connectivity index (χ2n) is 3.17. The van der Waals surface area contributed by atoms with Crippen LogP contribution in [-0.4, -0.2) is 11.6 Å². The molecule has 0 spiro atoms. The van der Waals surface area contributed by atoms with Crippen molar-refractivity contribution >= 4 is 11.6 Å². The van der Waals surface area contributed by atoms with Crippen molar-refractivity contribution in [2.24, 2.45) is 5.92 Å². The normalized spacial score (nSPS) is 26.3. The SMILES string of the molecule is CC1=C(C)C(C)CC(=O)C1=O. The molecule has 0 heterocycles. The highest BCUT2D eigenvalue weighted by atomic mass is 16.2. The van der Waals surface area contributed by atoms with Crippen LogP contribution in [0.15, 0.2) is 11.1 Å². The van der Waals surface area contributed by atoms with Crippen molar-refractivity contribution in [1.29, 1.82) is 0 Å². The molecule has 1 rings (SSSR count). The average molecular weight is 152 g/mol. The Morgan fingerprint density at radius 1 is 1.27 bits per heavy atom. The van der Waals surface area contributed by atoms with E-state index in [-0.39, 0.29) is 17.5 Å². The molecule has 1 aliphatic carbocycles. The van der Waals surface area contributed by atoms with Gasteiger partial charge in [0, 0.05) is 6.42 Å². The van der Waals surface area contributed by atoms with Gasteiger partial charge in [0.1, 0.15) is 0 Å². The second kappa shape index (κ2) is 2.61. The predicted octanol–water partition coefficient (Wildman–Crippen LogP) is 1.50. The van der Waals surface area contributed by atoms with Crippen LogP contribution in [0.5, 0.6) is 0 Å². The van der Waals surface area contributed by atoms with Gasteiger partial charge in [0.25, 0.3) is 0 Å². The minimum absolute atomic E-state index is 0.236. The van der Waals surface area contributed by atoms with Crippen molar-refractivity contribution in [3.8, 4) is 0 Å². The zero-order valence-electron chi connectivity index (χ0n) is 7.10. The molecule has 0 aromatic heterocycles. The summed E-state index contributed by atoms with van der Waals surface area (Å²) >= 11 is 0. The molecule has 2 nitrogen and oxygen atoms in total. The molecule has 0 saturated carbocycles. The maximum absolute atomic E-state index is 11.1. The fourth-order valence-corrected chi connectivity index (χ4v) is 1.28. The van der Waals surface area contributed by atoms with Crippen molar-refractivity contribution in [2.45, 2.75) is 27.2 Å². The van der Waals surface area contributed by atoms with Crippen molar-refractivity contribution in [3.63, 3.8) is 0 Å². The number of Topliss-reactive ketones (excluding diaryl/α,β-unsaturated/α-hetero) is 2. The van der Waals surface area contributed by atoms with E-state index in [1.807, 2.05) is 13.8 Å². The molecular formula is C9H12O2. The van der Waals surface area contributed by atoms with Gasteiger partial charge in [0.2, 0.25) is 11.6 Å². The maximum Gasteiger partial charge on any atom is 0.224 e. The number of rotatable bonds is 0. The van der Waals surface area contributed by atoms with E-state index < -0.39 is 0 Å². The van der Waals surface area contributed by atoms with E-state index in [1.54, 1.807) is 6.92 Å². The second-order valence-corrected chi connectivity index (χ2v) is 3.17. The van der Waals surface area contributed by atoms with Crippen molar-refractivity contribution in [3.05, 3.63) is 11.1 Å². The van der Waals surface area contributed by atoms with E-state index in [2.05, 4.69) is 0 Å². The van der Waals surface area contributed by atoms with E-state index in [1.165, 1.54) is 0 Å². The summed E-state index contributed by atoms with van der Waals surface area (Å²) in [7, 11) is 0. The number of carbonyl (C=O) groups excluding carboxylic acids is 2. The molecule has 0 N–H and O–H groups in total. The average Bonchev–Trinajstić information content (AvgIpc) is 1.97. The standard InChI is InChI=1S/C9H12O2/c1-5-4-8(10)9(11)7(3)6(5)2/h5H,4H2,1-3H3. The summed E-state index contributed by atoms with van der Waals surface area (Å²) in [6.07, 6.45) is 0.391. The summed E-state index contributed by atoms with van der Waals surface area (Å²) in [6.45, 7) is 5.62. The van der Waals surface area contributed by atoms with E-state index in [9.17, 15) is 9.59 Å². The number of hydrogen-bond acceptors (Lipinski definition) is 2. The van der Waals surface area contributed by atoms with Gasteiger partial charge >= 0.3 is 0 Å². The largest absolute Gasteiger partial charge is 0.290 e. The third-order valence-electron chi connectivity index (χ3n) is 2.42. The van der Waals surface area contributed by atoms with Gasteiger partial charge in [-0.15, -0.1) is 0 Å². The monoisotopic (exact) mass is 152 g/mol. The maximum atomic E-state index is 11.1. The third kappa shape index (κ3) is 1.25. The van der Waals surface area contributed by atoms with Crippen molar-refractivity contribution in [1.82, 2.24) is 0 Å². The highest BCUT2D eigenvalue weighted by molar-refractivity contribution is 6.44. The summed E-state index contributed by atoms with van der Waals surface area (Å²) in [5.41, 5.74) is 1.71. The Morgan fingerprint density at radius 2 is 1.82 bits per heavy atom. The smallest absolute Gasteiger partial charge is 0.224 e. The molecule has 0 amide bonds. The third-order valence-corrected chi connectivity index (χ3v) is 2.42. The fraction of sp³-hybridized carbons (Fsp3) is 0.556. The lowest BCUT2D eigenvalue weighted by Gasteiger charge is -2.18. The zero-order valence-corrected chi connectivity index (χ0v) is 7.10. The molecule has 0 aromatic rings. The Morgan fingerprint density at radius 3 is 2.36 bits per heavy atom. The first-order valence-corrected chi connectivity index (χ1v) is 3.79. The van der Waals surface area contributed by atoms with Gasteiger partial charge in [0.15, 0.2) is 0 Å². The van der Waals surface area contributed by atoms with Gasteiger partial charge in [-0.1, -0.05) is 12.5 Å². The minimum Gasteiger partial charge on any atom is -0.290 e. The van der Waals surface area contributed by atoms with E-state index in [0.717, 1.165) is 5.57 Å². The first-order chi connectivity index (χ1) is 5.04. The lowest BCUT2D eigenvalue weighted by atomic mass is 9.84. The number of ketones is 2. The van der Waals surface area contributed by atoms with Crippen LogP contribution < -0.4 is 0 Å². The Kier molecular flexibility index (Phi) is 1.94. The van der Waals surface area contributed by atoms with Crippen LogP contribution in [0.3, 0.4) is 0 Å². The Bertz CT molecular complexity index is 248. The Labute approximate surface area is 66.3 Å². The number of carbonyl (C=O) groups is 2. The van der Waals surface area contributed by atoms with Gasteiger partial charge < -0.3 is 0 Å². The highest BCUT2D eigenvalue weighted by Crippen LogP contribution is 2.24. The lowest BCUT2D eigenvalue weighted by molar-refractivity contribution is -0.135. The zero-order chi connectivity index (χ0) is 8.59. The van der Waals surface area contributed by atoms with Crippen LogP contribution in [0.25, 0.3) is 0 Å². The van der Waals surface area contributed by atoms with Crippen LogP contribution in [-0.2, 0) is 9.59 Å². The highest BCUT2D eigenvalue weighted by Gasteiger charge is 2.26. The summed E-state index contributed by atoms with van der Waals surface area (Å²) in [5, 5.41) is 0. The van der Waals surface area contributed by atoms with Gasteiger partial charge in [-0.25, -0.2) is 0 Å². The molecule has 0 saturated heterocycles. The van der Waals surface area contributed by atoms with Crippen molar-refractivity contribution in [2.75, 3.05) is 0 Å². The molecule has 60 valence electrons. The van der Waals surface area contributed by atoms with Gasteiger partial charge in [0.05, 0.1) is 0 Å². The predicted molar refractivity (Wildman–Crippen MR) is 42.2 cm³/mol. The molecule has 11 heavy (non-hydrogen) atoms. The Balaban J connectivity index is 3.08. The summed E-state index contributed by atoms with van der Waals surface area (Å²) in [4.78, 5) is 22.1. The fourth-order valence-electron chi connectivity index (χ4n) is 1.28. The first kappa shape index (κ1) is 8.18. The molecule has 0 bridgehead atoms. The van der Waals surface area contributed by atoms with Crippen LogP contribution in [0.1, 0.15) is 27.2 Å². The Hall–Kier alpha value is -0.920. The molecule has 1 unspecified atom stereocenters. The van der Waals surface area contributed by atoms with Crippen LogP contribution >= 0.6 is 0 Å². The van der Waals surface area contributed by atoms with Crippen LogP contribution in [0.2, 0.25) is 0 Å². The van der Waals surface area contributed by atoms with Crippen molar-refractivity contribution < 1.29 is 9.59 Å². The summed E-state index contributed by atoms with van der Waals surface area (Å²) < 4.78 is 0. The lowest BCUT2D eigenvalue weighted by Crippen LogP contribution is -2.25. The molecule has 1 atom stereocenters. The van der Waals surface area contributed by atoms with E-state index in [4.69, 9.17) is 0 Å². The van der Waals surface area contributed by atoms with Gasteiger partial charge in [-0.05, 0) is 25.3 Å². The number of allylic oxidation sites excluding steroid dienone is 2. The summed E-state index contributed by atoms with van der Waals surface area (Å²) in [6, 6.07) is 0. The van der Waals surface area contributed by atoms with Gasteiger partial charge in [-0.2, -0.15) is 0 Å². The molecule has 0 aromatic carbocycles.